The summed E-state index contributed by atoms with van der Waals surface area (Å²) in [6.07, 6.45) is 4.17. The molecule has 2 rings (SSSR count). The molecule has 1 fully saturated rings. The largest absolute Gasteiger partial charge is 0.388 e. The van der Waals surface area contributed by atoms with Crippen LogP contribution < -0.4 is 10.2 Å². The summed E-state index contributed by atoms with van der Waals surface area (Å²) in [4.78, 5) is 20.7. The van der Waals surface area contributed by atoms with Crippen molar-refractivity contribution in [1.82, 2.24) is 20.0 Å². The summed E-state index contributed by atoms with van der Waals surface area (Å²) >= 11 is 0. The zero-order valence-electron chi connectivity index (χ0n) is 15.4. The Morgan fingerprint density at radius 2 is 2.16 bits per heavy atom. The molecule has 1 saturated heterocycles. The second-order valence-electron chi connectivity index (χ2n) is 6.36. The van der Waals surface area contributed by atoms with E-state index in [1.54, 1.807) is 22.7 Å². The number of aliphatic hydroxyl groups is 1. The second kappa shape index (κ2) is 9.37. The number of aromatic nitrogens is 2. The number of aliphatic imine (C=N–C) groups is 1. The number of rotatable bonds is 5. The minimum absolute atomic E-state index is 0. The van der Waals surface area contributed by atoms with Gasteiger partial charge < -0.3 is 20.2 Å². The average molecular weight is 464 g/mol. The number of hydrogen-bond acceptors (Lipinski definition) is 4. The number of anilines is 1. The minimum atomic E-state index is -0.831. The molecule has 1 aromatic heterocycles. The highest BCUT2D eigenvalue weighted by atomic mass is 127. The van der Waals surface area contributed by atoms with Crippen molar-refractivity contribution in [3.8, 4) is 0 Å². The SMILES string of the molecule is CCNC(=NCC(C)(O)CC)N1CCN(c2cnn(C)c2)C(=O)C1.I. The van der Waals surface area contributed by atoms with Gasteiger partial charge in [-0.05, 0) is 20.3 Å². The maximum Gasteiger partial charge on any atom is 0.246 e. The van der Waals surface area contributed by atoms with Crippen LogP contribution in [0.1, 0.15) is 27.2 Å². The number of aryl methyl sites for hydroxylation is 1. The van der Waals surface area contributed by atoms with E-state index in [1.165, 1.54) is 0 Å². The van der Waals surface area contributed by atoms with E-state index >= 15 is 0 Å². The Morgan fingerprint density at radius 3 is 2.68 bits per heavy atom. The molecule has 25 heavy (non-hydrogen) atoms. The molecule has 142 valence electrons. The number of amides is 1. The van der Waals surface area contributed by atoms with Crippen molar-refractivity contribution in [2.45, 2.75) is 32.8 Å². The summed E-state index contributed by atoms with van der Waals surface area (Å²) in [7, 11) is 1.83. The molecule has 0 aromatic carbocycles. The summed E-state index contributed by atoms with van der Waals surface area (Å²) in [6, 6.07) is 0. The molecule has 2 heterocycles. The first-order valence-electron chi connectivity index (χ1n) is 8.41. The number of carbonyl (C=O) groups is 1. The Labute approximate surface area is 166 Å². The average Bonchev–Trinajstić information content (AvgIpc) is 2.97. The number of guanidine groups is 1. The van der Waals surface area contributed by atoms with Crippen LogP contribution in [0.3, 0.4) is 0 Å². The van der Waals surface area contributed by atoms with Gasteiger partial charge in [-0.15, -0.1) is 24.0 Å². The van der Waals surface area contributed by atoms with Crippen molar-refractivity contribution in [2.24, 2.45) is 12.0 Å². The van der Waals surface area contributed by atoms with E-state index in [0.717, 1.165) is 5.69 Å². The number of halogens is 1. The van der Waals surface area contributed by atoms with Gasteiger partial charge >= 0.3 is 0 Å². The number of carbonyl (C=O) groups excluding carboxylic acids is 1. The number of hydrogen-bond donors (Lipinski definition) is 2. The number of nitrogens with zero attached hydrogens (tertiary/aromatic N) is 5. The maximum atomic E-state index is 12.5. The minimum Gasteiger partial charge on any atom is -0.388 e. The van der Waals surface area contributed by atoms with Crippen molar-refractivity contribution < 1.29 is 9.90 Å². The predicted molar refractivity (Wildman–Crippen MR) is 109 cm³/mol. The van der Waals surface area contributed by atoms with Crippen molar-refractivity contribution >= 4 is 41.5 Å². The van der Waals surface area contributed by atoms with Crippen molar-refractivity contribution in [1.29, 1.82) is 0 Å². The molecular weight excluding hydrogens is 435 g/mol. The van der Waals surface area contributed by atoms with Crippen LogP contribution in [0.4, 0.5) is 5.69 Å². The van der Waals surface area contributed by atoms with E-state index < -0.39 is 5.60 Å². The molecule has 0 saturated carbocycles. The molecule has 2 N–H and O–H groups in total. The molecule has 1 aliphatic heterocycles. The van der Waals surface area contributed by atoms with Crippen LogP contribution in [0.25, 0.3) is 0 Å². The monoisotopic (exact) mass is 464 g/mol. The van der Waals surface area contributed by atoms with Crippen LogP contribution in [0.2, 0.25) is 0 Å². The fourth-order valence-corrected chi connectivity index (χ4v) is 2.46. The lowest BCUT2D eigenvalue weighted by molar-refractivity contribution is -0.120. The predicted octanol–water partition coefficient (Wildman–Crippen LogP) is 0.813. The molecule has 1 amide bonds. The maximum absolute atomic E-state index is 12.5. The fraction of sp³-hybridized carbons (Fsp3) is 0.688. The van der Waals surface area contributed by atoms with Crippen molar-refractivity contribution in [3.63, 3.8) is 0 Å². The van der Waals surface area contributed by atoms with Gasteiger partial charge in [-0.25, -0.2) is 0 Å². The highest BCUT2D eigenvalue weighted by Crippen LogP contribution is 2.16. The van der Waals surface area contributed by atoms with Crippen LogP contribution in [-0.4, -0.2) is 70.0 Å². The van der Waals surface area contributed by atoms with Crippen molar-refractivity contribution in [2.75, 3.05) is 37.6 Å². The molecule has 8 nitrogen and oxygen atoms in total. The lowest BCUT2D eigenvalue weighted by Gasteiger charge is -2.35. The van der Waals surface area contributed by atoms with Gasteiger partial charge in [0.15, 0.2) is 5.96 Å². The third-order valence-electron chi connectivity index (χ3n) is 4.19. The molecule has 1 aromatic rings. The van der Waals surface area contributed by atoms with Gasteiger partial charge in [0.2, 0.25) is 5.91 Å². The highest BCUT2D eigenvalue weighted by molar-refractivity contribution is 14.0. The highest BCUT2D eigenvalue weighted by Gasteiger charge is 2.28. The van der Waals surface area contributed by atoms with Gasteiger partial charge in [-0.2, -0.15) is 5.10 Å². The summed E-state index contributed by atoms with van der Waals surface area (Å²) in [5.74, 6) is 0.688. The molecule has 0 spiro atoms. The van der Waals surface area contributed by atoms with Crippen LogP contribution in [0.15, 0.2) is 17.4 Å². The van der Waals surface area contributed by atoms with Gasteiger partial charge in [0.05, 0.1) is 24.0 Å². The Kier molecular flexibility index (Phi) is 8.13. The van der Waals surface area contributed by atoms with E-state index in [0.29, 0.717) is 38.6 Å². The van der Waals surface area contributed by atoms with Crippen LogP contribution in [0.5, 0.6) is 0 Å². The first-order chi connectivity index (χ1) is 11.4. The molecular formula is C16H29IN6O2. The molecule has 0 aliphatic carbocycles. The smallest absolute Gasteiger partial charge is 0.246 e. The zero-order chi connectivity index (χ0) is 17.7. The van der Waals surface area contributed by atoms with Gasteiger partial charge in [0.25, 0.3) is 0 Å². The van der Waals surface area contributed by atoms with Crippen LogP contribution in [0, 0.1) is 0 Å². The molecule has 9 heteroatoms. The molecule has 0 bridgehead atoms. The Morgan fingerprint density at radius 1 is 1.44 bits per heavy atom. The van der Waals surface area contributed by atoms with Gasteiger partial charge in [-0.3, -0.25) is 14.5 Å². The van der Waals surface area contributed by atoms with E-state index in [1.807, 2.05) is 32.0 Å². The number of nitrogens with one attached hydrogen (secondary N) is 1. The van der Waals surface area contributed by atoms with Gasteiger partial charge in [-0.1, -0.05) is 6.92 Å². The standard InChI is InChI=1S/C16H28N6O2.HI/c1-5-16(3,24)12-18-15(17-6-2)21-7-8-22(14(23)11-21)13-9-19-20(4)10-13;/h9-10,24H,5-8,11-12H2,1-4H3,(H,17,18);1H. The first kappa shape index (κ1) is 21.7. The third kappa shape index (κ3) is 5.84. The number of piperazine rings is 1. The molecule has 1 aliphatic rings. The van der Waals surface area contributed by atoms with Crippen molar-refractivity contribution in [3.05, 3.63) is 12.4 Å². The Balaban J connectivity index is 0.00000312. The summed E-state index contributed by atoms with van der Waals surface area (Å²) in [6.45, 7) is 8.23. The summed E-state index contributed by atoms with van der Waals surface area (Å²) in [5, 5.41) is 17.5. The summed E-state index contributed by atoms with van der Waals surface area (Å²) < 4.78 is 1.69. The van der Waals surface area contributed by atoms with Crippen LogP contribution in [-0.2, 0) is 11.8 Å². The van der Waals surface area contributed by atoms with E-state index in [2.05, 4.69) is 15.4 Å². The molecule has 1 atom stereocenters. The summed E-state index contributed by atoms with van der Waals surface area (Å²) in [5.41, 5.74) is -0.0135. The second-order valence-corrected chi connectivity index (χ2v) is 6.36. The van der Waals surface area contributed by atoms with Gasteiger partial charge in [0.1, 0.15) is 6.54 Å². The lowest BCUT2D eigenvalue weighted by Crippen LogP contribution is -2.55. The molecule has 1 unspecified atom stereocenters. The molecule has 0 radical (unpaired) electrons. The third-order valence-corrected chi connectivity index (χ3v) is 4.19. The Hall–Kier alpha value is -1.36. The van der Waals surface area contributed by atoms with Crippen LogP contribution >= 0.6 is 24.0 Å². The fourth-order valence-electron chi connectivity index (χ4n) is 2.46. The quantitative estimate of drug-likeness (QED) is 0.383. The van der Waals surface area contributed by atoms with E-state index in [9.17, 15) is 9.90 Å². The van der Waals surface area contributed by atoms with E-state index in [-0.39, 0.29) is 36.4 Å². The van der Waals surface area contributed by atoms with Gasteiger partial charge in [0, 0.05) is 32.9 Å². The Bertz CT molecular complexity index is 601. The van der Waals surface area contributed by atoms with E-state index in [4.69, 9.17) is 0 Å². The zero-order valence-corrected chi connectivity index (χ0v) is 17.7. The normalized spacial score (nSPS) is 18.0. The lowest BCUT2D eigenvalue weighted by atomic mass is 10.1. The topological polar surface area (TPSA) is 86.0 Å². The first-order valence-corrected chi connectivity index (χ1v) is 8.41.